The summed E-state index contributed by atoms with van der Waals surface area (Å²) in [5.74, 6) is 1.83. The zero-order valence-corrected chi connectivity index (χ0v) is 14.0. The molecule has 0 saturated carbocycles. The molecule has 0 aliphatic carbocycles. The number of ether oxygens (including phenoxy) is 1. The number of benzene rings is 1. The molecule has 24 heavy (non-hydrogen) atoms. The number of methoxy groups -OCH3 is 1. The molecule has 4 N–H and O–H groups in total. The molecule has 1 aromatic carbocycles. The Kier molecular flexibility index (Phi) is 5.45. The maximum atomic E-state index is 5.76. The second-order valence-electron chi connectivity index (χ2n) is 5.78. The lowest BCUT2D eigenvalue weighted by molar-refractivity contribution is 0.333. The zero-order chi connectivity index (χ0) is 16.8. The van der Waals surface area contributed by atoms with E-state index in [1.165, 1.54) is 0 Å². The monoisotopic (exact) mass is 328 g/mol. The number of aromatic nitrogens is 2. The first kappa shape index (κ1) is 16.5. The van der Waals surface area contributed by atoms with Gasteiger partial charge in [-0.1, -0.05) is 12.1 Å². The Balaban J connectivity index is 1.68. The van der Waals surface area contributed by atoms with E-state index < -0.39 is 0 Å². The van der Waals surface area contributed by atoms with Crippen molar-refractivity contribution < 1.29 is 4.74 Å². The molecule has 7 nitrogen and oxygen atoms in total. The van der Waals surface area contributed by atoms with E-state index in [4.69, 9.17) is 10.5 Å². The van der Waals surface area contributed by atoms with Crippen LogP contribution in [0.2, 0.25) is 0 Å². The van der Waals surface area contributed by atoms with Gasteiger partial charge in [0, 0.05) is 44.6 Å². The molecule has 0 unspecified atom stereocenters. The molecule has 2 aromatic rings. The van der Waals surface area contributed by atoms with Crippen molar-refractivity contribution in [2.24, 2.45) is 0 Å². The summed E-state index contributed by atoms with van der Waals surface area (Å²) in [6, 6.07) is 7.85. The predicted molar refractivity (Wildman–Crippen MR) is 96.0 cm³/mol. The van der Waals surface area contributed by atoms with Crippen molar-refractivity contribution in [1.29, 1.82) is 0 Å². The zero-order valence-electron chi connectivity index (χ0n) is 14.0. The molecule has 0 amide bonds. The molecule has 0 radical (unpaired) electrons. The molecule has 7 heteroatoms. The van der Waals surface area contributed by atoms with Crippen molar-refractivity contribution in [3.05, 3.63) is 30.5 Å². The number of rotatable bonds is 7. The summed E-state index contributed by atoms with van der Waals surface area (Å²) in [6.07, 6.45) is 2.80. The van der Waals surface area contributed by atoms with Gasteiger partial charge in [0.25, 0.3) is 0 Å². The van der Waals surface area contributed by atoms with Crippen LogP contribution in [-0.4, -0.2) is 54.8 Å². The Bertz CT molecular complexity index is 672. The van der Waals surface area contributed by atoms with Gasteiger partial charge in [-0.15, -0.1) is 0 Å². The minimum Gasteiger partial charge on any atom is -0.497 e. The smallest absolute Gasteiger partial charge is 0.221 e. The fourth-order valence-electron chi connectivity index (χ4n) is 2.79. The van der Waals surface area contributed by atoms with E-state index >= 15 is 0 Å². The van der Waals surface area contributed by atoms with Gasteiger partial charge in [0.2, 0.25) is 5.95 Å². The van der Waals surface area contributed by atoms with E-state index in [1.54, 1.807) is 13.3 Å². The van der Waals surface area contributed by atoms with Crippen molar-refractivity contribution in [2.45, 2.75) is 6.42 Å². The highest BCUT2D eigenvalue weighted by molar-refractivity contribution is 5.75. The van der Waals surface area contributed by atoms with Crippen molar-refractivity contribution >= 4 is 11.8 Å². The van der Waals surface area contributed by atoms with Crippen LogP contribution in [0, 0.1) is 0 Å². The van der Waals surface area contributed by atoms with Crippen molar-refractivity contribution in [3.8, 4) is 16.9 Å². The lowest BCUT2D eigenvalue weighted by atomic mass is 10.1. The quantitative estimate of drug-likeness (QED) is 0.662. The summed E-state index contributed by atoms with van der Waals surface area (Å²) >= 11 is 0. The second kappa shape index (κ2) is 7.94. The second-order valence-corrected chi connectivity index (χ2v) is 5.78. The van der Waals surface area contributed by atoms with Gasteiger partial charge in [-0.2, -0.15) is 4.98 Å². The van der Waals surface area contributed by atoms with Crippen molar-refractivity contribution in [3.63, 3.8) is 0 Å². The molecule has 3 rings (SSSR count). The molecule has 128 valence electrons. The van der Waals surface area contributed by atoms with Crippen LogP contribution in [0.15, 0.2) is 30.5 Å². The van der Waals surface area contributed by atoms with E-state index in [0.717, 1.165) is 62.0 Å². The molecule has 0 atom stereocenters. The van der Waals surface area contributed by atoms with Crippen LogP contribution in [0.4, 0.5) is 11.8 Å². The largest absolute Gasteiger partial charge is 0.497 e. The fraction of sp³-hybridized carbons (Fsp3) is 0.412. The molecule has 1 aliphatic heterocycles. The van der Waals surface area contributed by atoms with Crippen molar-refractivity contribution in [2.75, 3.05) is 51.0 Å². The number of anilines is 2. The summed E-state index contributed by atoms with van der Waals surface area (Å²) in [7, 11) is 1.66. The molecule has 1 aromatic heterocycles. The molecule has 2 heterocycles. The van der Waals surface area contributed by atoms with Crippen LogP contribution < -0.4 is 21.1 Å². The standard InChI is InChI=1S/C17H24N6O/c1-24-14-5-2-4-13(10-14)15-11-21-17(18)22-16(15)20-6-3-8-23-9-7-19-12-23/h2,4-5,10-11,19H,3,6-9,12H2,1H3,(H3,18,20,21,22). The Morgan fingerprint density at radius 1 is 1.42 bits per heavy atom. The van der Waals surface area contributed by atoms with Crippen LogP contribution in [0.1, 0.15) is 6.42 Å². The highest BCUT2D eigenvalue weighted by Gasteiger charge is 2.11. The number of nitrogens with two attached hydrogens (primary N) is 1. The maximum Gasteiger partial charge on any atom is 0.221 e. The SMILES string of the molecule is COc1cccc(-c2cnc(N)nc2NCCCN2CCNC2)c1. The van der Waals surface area contributed by atoms with Gasteiger partial charge in [0.15, 0.2) is 0 Å². The van der Waals surface area contributed by atoms with E-state index in [2.05, 4.69) is 25.5 Å². The Hall–Kier alpha value is -2.38. The number of nitrogen functional groups attached to an aromatic ring is 1. The summed E-state index contributed by atoms with van der Waals surface area (Å²) in [5, 5.41) is 6.73. The number of nitrogens with one attached hydrogen (secondary N) is 2. The van der Waals surface area contributed by atoms with Crippen LogP contribution in [0.3, 0.4) is 0 Å². The molecular formula is C17H24N6O. The van der Waals surface area contributed by atoms with Gasteiger partial charge >= 0.3 is 0 Å². The van der Waals surface area contributed by atoms with Gasteiger partial charge < -0.3 is 21.1 Å². The third-order valence-electron chi connectivity index (χ3n) is 4.07. The summed E-state index contributed by atoms with van der Waals surface area (Å²) in [4.78, 5) is 10.9. The number of nitrogens with zero attached hydrogens (tertiary/aromatic N) is 3. The lowest BCUT2D eigenvalue weighted by Gasteiger charge is -2.15. The Morgan fingerprint density at radius 2 is 2.33 bits per heavy atom. The van der Waals surface area contributed by atoms with Crippen molar-refractivity contribution in [1.82, 2.24) is 20.2 Å². The minimum absolute atomic E-state index is 0.271. The Labute approximate surface area is 142 Å². The molecule has 1 fully saturated rings. The van der Waals surface area contributed by atoms with Crippen LogP contribution in [0.25, 0.3) is 11.1 Å². The Morgan fingerprint density at radius 3 is 3.12 bits per heavy atom. The van der Waals surface area contributed by atoms with Crippen LogP contribution in [-0.2, 0) is 0 Å². The average Bonchev–Trinajstić information content (AvgIpc) is 3.12. The van der Waals surface area contributed by atoms with Gasteiger partial charge in [-0.05, 0) is 24.1 Å². The predicted octanol–water partition coefficient (Wildman–Crippen LogP) is 1.40. The minimum atomic E-state index is 0.271. The van der Waals surface area contributed by atoms with Gasteiger partial charge in [-0.25, -0.2) is 4.98 Å². The third kappa shape index (κ3) is 4.12. The summed E-state index contributed by atoms with van der Waals surface area (Å²) in [6.45, 7) is 5.08. The first-order valence-corrected chi connectivity index (χ1v) is 8.20. The first-order valence-electron chi connectivity index (χ1n) is 8.20. The van der Waals surface area contributed by atoms with Crippen LogP contribution >= 0.6 is 0 Å². The highest BCUT2D eigenvalue weighted by Crippen LogP contribution is 2.28. The van der Waals surface area contributed by atoms with Gasteiger partial charge in [0.1, 0.15) is 11.6 Å². The maximum absolute atomic E-state index is 5.76. The van der Waals surface area contributed by atoms with E-state index in [9.17, 15) is 0 Å². The molecule has 1 saturated heterocycles. The van der Waals surface area contributed by atoms with Crippen LogP contribution in [0.5, 0.6) is 5.75 Å². The molecule has 1 aliphatic rings. The average molecular weight is 328 g/mol. The lowest BCUT2D eigenvalue weighted by Crippen LogP contribution is -2.24. The van der Waals surface area contributed by atoms with E-state index in [1.807, 2.05) is 24.3 Å². The van der Waals surface area contributed by atoms with Gasteiger partial charge in [-0.3, -0.25) is 4.90 Å². The summed E-state index contributed by atoms with van der Waals surface area (Å²) < 4.78 is 5.30. The highest BCUT2D eigenvalue weighted by atomic mass is 16.5. The fourth-order valence-corrected chi connectivity index (χ4v) is 2.79. The molecule has 0 spiro atoms. The normalized spacial score (nSPS) is 14.7. The third-order valence-corrected chi connectivity index (χ3v) is 4.07. The summed E-state index contributed by atoms with van der Waals surface area (Å²) in [5.41, 5.74) is 7.68. The number of hydrogen-bond acceptors (Lipinski definition) is 7. The van der Waals surface area contributed by atoms with Gasteiger partial charge in [0.05, 0.1) is 7.11 Å². The number of hydrogen-bond donors (Lipinski definition) is 3. The topological polar surface area (TPSA) is 88.3 Å². The molecular weight excluding hydrogens is 304 g/mol. The molecule has 0 bridgehead atoms. The van der Waals surface area contributed by atoms with E-state index in [-0.39, 0.29) is 5.95 Å². The van der Waals surface area contributed by atoms with E-state index in [0.29, 0.717) is 0 Å². The first-order chi connectivity index (χ1) is 11.8.